The molecule has 0 amide bonds. The minimum absolute atomic E-state index is 0.316. The first-order valence-electron chi connectivity index (χ1n) is 6.64. The normalized spacial score (nSPS) is 18.0. The second-order valence-corrected chi connectivity index (χ2v) is 4.71. The van der Waals surface area contributed by atoms with Gasteiger partial charge in [-0.15, -0.1) is 0 Å². The standard InChI is InChI=1S/C14H21NO4/c1-17-13-2-4-14(5-3-13)19-11-12(16)10-15-6-8-18-9-7-15/h2-5,12,16H,6-11H2,1H3/p+1. The maximum Gasteiger partial charge on any atom is 0.137 e. The quantitative estimate of drug-likeness (QED) is 0.720. The summed E-state index contributed by atoms with van der Waals surface area (Å²) >= 11 is 0. The Bertz CT molecular complexity index is 362. The molecule has 106 valence electrons. The van der Waals surface area contributed by atoms with Crippen molar-refractivity contribution in [3.63, 3.8) is 0 Å². The van der Waals surface area contributed by atoms with E-state index in [2.05, 4.69) is 0 Å². The number of nitrogens with one attached hydrogen (secondary N) is 1. The number of benzene rings is 1. The number of hydrogen-bond acceptors (Lipinski definition) is 4. The van der Waals surface area contributed by atoms with Crippen molar-refractivity contribution in [1.82, 2.24) is 0 Å². The van der Waals surface area contributed by atoms with E-state index < -0.39 is 6.10 Å². The first-order chi connectivity index (χ1) is 9.28. The van der Waals surface area contributed by atoms with Crippen LogP contribution < -0.4 is 14.4 Å². The molecule has 1 fully saturated rings. The highest BCUT2D eigenvalue weighted by atomic mass is 16.5. The molecule has 1 saturated heterocycles. The molecule has 1 aliphatic heterocycles. The molecule has 0 saturated carbocycles. The first-order valence-corrected chi connectivity index (χ1v) is 6.64. The summed E-state index contributed by atoms with van der Waals surface area (Å²) in [6, 6.07) is 7.37. The van der Waals surface area contributed by atoms with Gasteiger partial charge in [0.05, 0.1) is 20.3 Å². The van der Waals surface area contributed by atoms with Gasteiger partial charge in [-0.2, -0.15) is 0 Å². The summed E-state index contributed by atoms with van der Waals surface area (Å²) in [4.78, 5) is 1.37. The van der Waals surface area contributed by atoms with Crippen LogP contribution in [-0.4, -0.2) is 57.8 Å². The Morgan fingerprint density at radius 1 is 1.21 bits per heavy atom. The average molecular weight is 268 g/mol. The number of quaternary nitrogens is 1. The predicted molar refractivity (Wildman–Crippen MR) is 70.9 cm³/mol. The molecular weight excluding hydrogens is 246 g/mol. The van der Waals surface area contributed by atoms with Gasteiger partial charge in [0.1, 0.15) is 43.8 Å². The van der Waals surface area contributed by atoms with Crippen molar-refractivity contribution in [2.45, 2.75) is 6.10 Å². The van der Waals surface area contributed by atoms with Gasteiger partial charge >= 0.3 is 0 Å². The summed E-state index contributed by atoms with van der Waals surface area (Å²) in [7, 11) is 1.63. The van der Waals surface area contributed by atoms with Crippen molar-refractivity contribution in [3.8, 4) is 11.5 Å². The van der Waals surface area contributed by atoms with E-state index in [1.165, 1.54) is 4.90 Å². The zero-order valence-electron chi connectivity index (χ0n) is 11.3. The molecule has 1 unspecified atom stereocenters. The molecule has 0 aliphatic carbocycles. The zero-order valence-corrected chi connectivity index (χ0v) is 11.3. The number of hydrogen-bond donors (Lipinski definition) is 2. The van der Waals surface area contributed by atoms with Crippen LogP contribution in [0.4, 0.5) is 0 Å². The summed E-state index contributed by atoms with van der Waals surface area (Å²) in [5, 5.41) is 9.95. The molecule has 2 rings (SSSR count). The molecule has 0 radical (unpaired) electrons. The number of morpholine rings is 1. The Labute approximate surface area is 113 Å². The highest BCUT2D eigenvalue weighted by molar-refractivity contribution is 5.31. The smallest absolute Gasteiger partial charge is 0.137 e. The van der Waals surface area contributed by atoms with Crippen molar-refractivity contribution in [1.29, 1.82) is 0 Å². The Kier molecular flexibility index (Phi) is 5.44. The Morgan fingerprint density at radius 2 is 1.84 bits per heavy atom. The number of aliphatic hydroxyl groups excluding tert-OH is 1. The van der Waals surface area contributed by atoms with Crippen LogP contribution in [0, 0.1) is 0 Å². The fraction of sp³-hybridized carbons (Fsp3) is 0.571. The van der Waals surface area contributed by atoms with Gasteiger partial charge in [0, 0.05) is 0 Å². The molecule has 5 nitrogen and oxygen atoms in total. The van der Waals surface area contributed by atoms with E-state index in [4.69, 9.17) is 14.2 Å². The molecule has 1 aromatic rings. The van der Waals surface area contributed by atoms with Crippen LogP contribution in [0.25, 0.3) is 0 Å². The number of aliphatic hydroxyl groups is 1. The third-order valence-corrected chi connectivity index (χ3v) is 3.23. The molecule has 1 heterocycles. The van der Waals surface area contributed by atoms with E-state index in [9.17, 15) is 5.11 Å². The van der Waals surface area contributed by atoms with Gasteiger partial charge in [0.15, 0.2) is 0 Å². The number of ether oxygens (including phenoxy) is 3. The van der Waals surface area contributed by atoms with Crippen LogP contribution in [0.15, 0.2) is 24.3 Å². The minimum Gasteiger partial charge on any atom is -0.497 e. The lowest BCUT2D eigenvalue weighted by Gasteiger charge is -2.25. The zero-order chi connectivity index (χ0) is 13.5. The summed E-state index contributed by atoms with van der Waals surface area (Å²) in [6.07, 6.45) is -0.449. The van der Waals surface area contributed by atoms with Crippen molar-refractivity contribution in [2.24, 2.45) is 0 Å². The molecule has 5 heteroatoms. The third-order valence-electron chi connectivity index (χ3n) is 3.23. The summed E-state index contributed by atoms with van der Waals surface area (Å²) in [6.45, 7) is 4.50. The second kappa shape index (κ2) is 7.33. The lowest BCUT2D eigenvalue weighted by molar-refractivity contribution is -0.911. The predicted octanol–water partition coefficient (Wildman–Crippen LogP) is -0.650. The molecule has 1 atom stereocenters. The van der Waals surface area contributed by atoms with E-state index in [0.29, 0.717) is 13.2 Å². The molecule has 0 spiro atoms. The average Bonchev–Trinajstić information content (AvgIpc) is 2.47. The molecule has 1 aliphatic rings. The highest BCUT2D eigenvalue weighted by Crippen LogP contribution is 2.16. The molecule has 19 heavy (non-hydrogen) atoms. The maximum absolute atomic E-state index is 9.95. The topological polar surface area (TPSA) is 52.4 Å². The van der Waals surface area contributed by atoms with E-state index in [-0.39, 0.29) is 0 Å². The fourth-order valence-electron chi connectivity index (χ4n) is 2.12. The van der Waals surface area contributed by atoms with Crippen molar-refractivity contribution >= 4 is 0 Å². The van der Waals surface area contributed by atoms with Crippen LogP contribution in [0.1, 0.15) is 0 Å². The van der Waals surface area contributed by atoms with Gasteiger partial charge in [-0.3, -0.25) is 0 Å². The van der Waals surface area contributed by atoms with Gasteiger partial charge in [-0.05, 0) is 24.3 Å². The Hall–Kier alpha value is -1.30. The number of rotatable bonds is 6. The van der Waals surface area contributed by atoms with Gasteiger partial charge in [-0.25, -0.2) is 0 Å². The van der Waals surface area contributed by atoms with Crippen molar-refractivity contribution < 1.29 is 24.2 Å². The van der Waals surface area contributed by atoms with Gasteiger partial charge in [0.25, 0.3) is 0 Å². The highest BCUT2D eigenvalue weighted by Gasteiger charge is 2.18. The third kappa shape index (κ3) is 4.70. The molecule has 1 aromatic carbocycles. The van der Waals surface area contributed by atoms with Crippen LogP contribution in [0.3, 0.4) is 0 Å². The molecule has 0 aromatic heterocycles. The first kappa shape index (κ1) is 14.1. The number of methoxy groups -OCH3 is 1. The van der Waals surface area contributed by atoms with E-state index in [0.717, 1.165) is 37.8 Å². The minimum atomic E-state index is -0.449. The van der Waals surface area contributed by atoms with Crippen LogP contribution in [-0.2, 0) is 4.74 Å². The molecular formula is C14H22NO4+. The maximum atomic E-state index is 9.95. The summed E-state index contributed by atoms with van der Waals surface area (Å²) in [5.41, 5.74) is 0. The largest absolute Gasteiger partial charge is 0.497 e. The molecule has 2 N–H and O–H groups in total. The lowest BCUT2D eigenvalue weighted by Crippen LogP contribution is -3.15. The second-order valence-electron chi connectivity index (χ2n) is 4.71. The van der Waals surface area contributed by atoms with Crippen LogP contribution >= 0.6 is 0 Å². The van der Waals surface area contributed by atoms with E-state index in [1.54, 1.807) is 7.11 Å². The lowest BCUT2D eigenvalue weighted by atomic mass is 10.3. The van der Waals surface area contributed by atoms with Crippen molar-refractivity contribution in [3.05, 3.63) is 24.3 Å². The van der Waals surface area contributed by atoms with E-state index >= 15 is 0 Å². The fourth-order valence-corrected chi connectivity index (χ4v) is 2.12. The molecule has 0 bridgehead atoms. The van der Waals surface area contributed by atoms with Crippen molar-refractivity contribution in [2.75, 3.05) is 46.6 Å². The Balaban J connectivity index is 1.71. The van der Waals surface area contributed by atoms with Gasteiger partial charge in [0.2, 0.25) is 0 Å². The van der Waals surface area contributed by atoms with E-state index in [1.807, 2.05) is 24.3 Å². The monoisotopic (exact) mass is 268 g/mol. The summed E-state index contributed by atoms with van der Waals surface area (Å²) in [5.74, 6) is 1.54. The Morgan fingerprint density at radius 3 is 2.47 bits per heavy atom. The van der Waals surface area contributed by atoms with Crippen LogP contribution in [0.2, 0.25) is 0 Å². The SMILES string of the molecule is COc1ccc(OCC(O)C[NH+]2CCOCC2)cc1. The van der Waals surface area contributed by atoms with Crippen LogP contribution in [0.5, 0.6) is 11.5 Å². The van der Waals surface area contributed by atoms with Gasteiger partial charge in [-0.1, -0.05) is 0 Å². The van der Waals surface area contributed by atoms with Gasteiger partial charge < -0.3 is 24.2 Å². The summed E-state index contributed by atoms with van der Waals surface area (Å²) < 4.78 is 15.9.